The Hall–Kier alpha value is -5.46. The third-order valence-electron chi connectivity index (χ3n) is 9.22. The Balaban J connectivity index is 1.09. The minimum atomic E-state index is 0.794. The highest BCUT2D eigenvalue weighted by Gasteiger charge is 2.09. The minimum Gasteiger partial charge on any atom is -0.0581 e. The maximum Gasteiger partial charge on any atom is -0.00118 e. The molecule has 0 bridgehead atoms. The van der Waals surface area contributed by atoms with Gasteiger partial charge in [0.25, 0.3) is 0 Å². The highest BCUT2D eigenvalue weighted by molar-refractivity contribution is 6.12. The van der Waals surface area contributed by atoms with Crippen molar-refractivity contribution >= 4 is 64.6 Å². The molecule has 0 aliphatic rings. The van der Waals surface area contributed by atoms with Gasteiger partial charge in [0.1, 0.15) is 0 Å². The van der Waals surface area contributed by atoms with Gasteiger partial charge >= 0.3 is 0 Å². The summed E-state index contributed by atoms with van der Waals surface area (Å²) in [7, 11) is 0. The molecule has 0 unspecified atom stereocenters. The number of rotatable bonds is 2. The van der Waals surface area contributed by atoms with Crippen LogP contribution >= 0.6 is 0 Å². The molecule has 0 nitrogen and oxygen atoms in total. The Morgan fingerprint density at radius 3 is 0.727 bits per heavy atom. The van der Waals surface area contributed by atoms with E-state index in [0.717, 1.165) is 11.1 Å². The van der Waals surface area contributed by atoms with Crippen LogP contribution < -0.4 is 0 Å². The summed E-state index contributed by atoms with van der Waals surface area (Å²) < 4.78 is 0. The van der Waals surface area contributed by atoms with Crippen LogP contribution in [0.15, 0.2) is 146 Å². The fraction of sp³-hybridized carbons (Fsp3) is 0. The number of benzene rings is 9. The Morgan fingerprint density at radius 1 is 0.227 bits per heavy atom. The van der Waals surface area contributed by atoms with Gasteiger partial charge < -0.3 is 0 Å². The molecule has 0 aromatic heterocycles. The van der Waals surface area contributed by atoms with Gasteiger partial charge in [-0.05, 0) is 136 Å². The van der Waals surface area contributed by atoms with E-state index < -0.39 is 0 Å². The molecule has 9 aromatic carbocycles. The second-order valence-electron chi connectivity index (χ2n) is 11.9. The van der Waals surface area contributed by atoms with Crippen molar-refractivity contribution in [1.29, 1.82) is 0 Å². The van der Waals surface area contributed by atoms with Crippen molar-refractivity contribution in [2.75, 3.05) is 0 Å². The van der Waals surface area contributed by atoms with Gasteiger partial charge in [-0.2, -0.15) is 0 Å². The van der Waals surface area contributed by atoms with Gasteiger partial charge in [-0.15, -0.1) is 0 Å². The monoisotopic (exact) mass is 554 g/mol. The summed E-state index contributed by atoms with van der Waals surface area (Å²) in [6.07, 6.45) is 0. The van der Waals surface area contributed by atoms with Crippen molar-refractivity contribution < 1.29 is 0 Å². The Kier molecular flexibility index (Phi) is 5.43. The van der Waals surface area contributed by atoms with Crippen LogP contribution in [0.5, 0.6) is 0 Å². The molecule has 0 heteroatoms. The summed E-state index contributed by atoms with van der Waals surface area (Å²) in [5.41, 5.74) is 6.47. The van der Waals surface area contributed by atoms with E-state index >= 15 is 0 Å². The Bertz CT molecular complexity index is 2440. The second-order valence-corrected chi connectivity index (χ2v) is 11.9. The predicted octanol–water partition coefficient (Wildman–Crippen LogP) is 12.1. The van der Waals surface area contributed by atoms with E-state index in [1.54, 1.807) is 0 Å². The third kappa shape index (κ3) is 3.99. The van der Waals surface area contributed by atoms with Crippen LogP contribution in [0.25, 0.3) is 86.9 Å². The maximum absolute atomic E-state index is 6.02. The van der Waals surface area contributed by atoms with Crippen molar-refractivity contribution in [1.82, 2.24) is 0 Å². The topological polar surface area (TPSA) is 0 Å². The molecule has 0 saturated heterocycles. The smallest absolute Gasteiger partial charge is 0.00118 e. The zero-order chi connectivity index (χ0) is 29.4. The molecule has 0 heterocycles. The Labute approximate surface area is 256 Å². The normalized spacial score (nSPS) is 11.9. The highest BCUT2D eigenvalue weighted by Crippen LogP contribution is 2.36. The molecule has 44 heavy (non-hydrogen) atoms. The molecule has 0 aliphatic heterocycles. The zero-order valence-electron chi connectivity index (χ0n) is 24.0. The van der Waals surface area contributed by atoms with Gasteiger partial charge in [0, 0.05) is 0 Å². The Morgan fingerprint density at radius 2 is 0.455 bits per heavy atom. The number of hydrogen-bond acceptors (Lipinski definition) is 0. The molecular weight excluding hydrogens is 528 g/mol. The van der Waals surface area contributed by atoms with Crippen LogP contribution in [-0.2, 0) is 0 Å². The first-order valence-corrected chi connectivity index (χ1v) is 15.0. The SMILES string of the molecule is [CH]c1ccc2c(ccc3cc(-c4ccc5c(ccc6cc(-c7ccc8c(ccc9cc([CH])ccc98)c7)ccc65)c4)ccc32)c1. The van der Waals surface area contributed by atoms with Crippen LogP contribution in [0.3, 0.4) is 0 Å². The molecule has 0 saturated carbocycles. The first-order chi connectivity index (χ1) is 21.6. The van der Waals surface area contributed by atoms with E-state index in [-0.39, 0.29) is 0 Å². The molecule has 0 atom stereocenters. The van der Waals surface area contributed by atoms with E-state index in [0.29, 0.717) is 0 Å². The van der Waals surface area contributed by atoms with Gasteiger partial charge in [-0.1, -0.05) is 121 Å². The van der Waals surface area contributed by atoms with Gasteiger partial charge in [-0.25, -0.2) is 0 Å². The standard InChI is InChI=1S/C44H26/c1-27-3-15-39-33(21-27)5-7-35-23-29(11-17-41(35)39)31-13-19-43-37(25-31)9-10-38-26-32(14-20-44(38)43)30-12-18-42-36(24-30)8-6-34-22-28(2)4-16-40(34)42/h1-26H. The summed E-state index contributed by atoms with van der Waals surface area (Å²) in [5.74, 6) is 0. The molecule has 0 fully saturated rings. The van der Waals surface area contributed by atoms with E-state index in [9.17, 15) is 0 Å². The number of hydrogen-bond donors (Lipinski definition) is 0. The van der Waals surface area contributed by atoms with Crippen LogP contribution in [0.4, 0.5) is 0 Å². The molecule has 0 aliphatic carbocycles. The summed E-state index contributed by atoms with van der Waals surface area (Å²) in [6.45, 7) is 12.0. The molecule has 0 N–H and O–H groups in total. The lowest BCUT2D eigenvalue weighted by molar-refractivity contribution is 1.66. The van der Waals surface area contributed by atoms with Crippen molar-refractivity contribution in [2.24, 2.45) is 0 Å². The maximum atomic E-state index is 6.02. The lowest BCUT2D eigenvalue weighted by Crippen LogP contribution is -1.85. The van der Waals surface area contributed by atoms with Crippen molar-refractivity contribution in [3.63, 3.8) is 0 Å². The molecule has 4 radical (unpaired) electrons. The van der Waals surface area contributed by atoms with Crippen LogP contribution in [0, 0.1) is 13.8 Å². The first-order valence-electron chi connectivity index (χ1n) is 15.0. The minimum absolute atomic E-state index is 0.794. The fourth-order valence-corrected chi connectivity index (χ4v) is 6.97. The lowest BCUT2D eigenvalue weighted by atomic mass is 9.93. The quantitative estimate of drug-likeness (QED) is 0.186. The van der Waals surface area contributed by atoms with E-state index in [1.807, 2.05) is 24.3 Å². The van der Waals surface area contributed by atoms with Crippen LogP contribution in [0.1, 0.15) is 11.1 Å². The third-order valence-corrected chi connectivity index (χ3v) is 9.22. The summed E-state index contributed by atoms with van der Waals surface area (Å²) in [4.78, 5) is 0. The van der Waals surface area contributed by atoms with Gasteiger partial charge in [0.15, 0.2) is 0 Å². The molecule has 202 valence electrons. The second kappa shape index (κ2) is 9.53. The van der Waals surface area contributed by atoms with Gasteiger partial charge in [-0.3, -0.25) is 0 Å². The van der Waals surface area contributed by atoms with Crippen molar-refractivity contribution in [3.05, 3.63) is 171 Å². The van der Waals surface area contributed by atoms with Crippen LogP contribution in [0.2, 0.25) is 0 Å². The summed E-state index contributed by atoms with van der Waals surface area (Å²) in [5, 5.41) is 14.8. The zero-order valence-corrected chi connectivity index (χ0v) is 24.0. The molecule has 9 aromatic rings. The molecule has 0 spiro atoms. The van der Waals surface area contributed by atoms with Gasteiger partial charge in [0.2, 0.25) is 0 Å². The van der Waals surface area contributed by atoms with E-state index in [1.165, 1.54) is 86.9 Å². The van der Waals surface area contributed by atoms with E-state index in [2.05, 4.69) is 121 Å². The lowest BCUT2D eigenvalue weighted by Gasteiger charge is -2.11. The van der Waals surface area contributed by atoms with Crippen LogP contribution in [-0.4, -0.2) is 0 Å². The first kappa shape index (κ1) is 25.1. The molecular formula is C44H26. The average Bonchev–Trinajstić information content (AvgIpc) is 3.06. The van der Waals surface area contributed by atoms with Gasteiger partial charge in [0.05, 0.1) is 0 Å². The fourth-order valence-electron chi connectivity index (χ4n) is 6.97. The summed E-state index contributed by atoms with van der Waals surface area (Å²) >= 11 is 0. The number of fused-ring (bicyclic) bond motifs is 9. The highest BCUT2D eigenvalue weighted by atomic mass is 14.1. The van der Waals surface area contributed by atoms with Crippen molar-refractivity contribution in [3.8, 4) is 22.3 Å². The van der Waals surface area contributed by atoms with Crippen molar-refractivity contribution in [2.45, 2.75) is 0 Å². The average molecular weight is 555 g/mol. The molecule has 9 rings (SSSR count). The summed E-state index contributed by atoms with van der Waals surface area (Å²) in [6, 6.07) is 52.7. The predicted molar refractivity (Wildman–Crippen MR) is 189 cm³/mol. The largest absolute Gasteiger partial charge is 0.0581 e. The molecule has 0 amide bonds. The van der Waals surface area contributed by atoms with E-state index in [4.69, 9.17) is 13.8 Å².